The summed E-state index contributed by atoms with van der Waals surface area (Å²) in [6.45, 7) is 1.62. The fourth-order valence-corrected chi connectivity index (χ4v) is 1.55. The van der Waals surface area contributed by atoms with Crippen molar-refractivity contribution in [2.75, 3.05) is 5.32 Å². The quantitative estimate of drug-likeness (QED) is 0.762. The largest absolute Gasteiger partial charge is 0.479 e. The second kappa shape index (κ2) is 4.50. The first kappa shape index (κ1) is 11.5. The highest BCUT2D eigenvalue weighted by atomic mass is 16.5. The van der Waals surface area contributed by atoms with Gasteiger partial charge in [0.1, 0.15) is 6.10 Å². The number of amides is 1. The van der Waals surface area contributed by atoms with Crippen molar-refractivity contribution in [2.45, 2.75) is 32.0 Å². The third kappa shape index (κ3) is 2.59. The van der Waals surface area contributed by atoms with Crippen molar-refractivity contribution < 1.29 is 24.0 Å². The van der Waals surface area contributed by atoms with Crippen molar-refractivity contribution in [3.8, 4) is 0 Å². The number of hydrogen-bond donors (Lipinski definition) is 2. The minimum absolute atomic E-state index is 0.0186. The maximum absolute atomic E-state index is 11.6. The number of hydrogen-bond acceptors (Lipinski definition) is 6. The maximum Gasteiger partial charge on any atom is 0.332 e. The minimum Gasteiger partial charge on any atom is -0.479 e. The van der Waals surface area contributed by atoms with Crippen molar-refractivity contribution in [3.63, 3.8) is 0 Å². The number of aromatic nitrogens is 2. The van der Waals surface area contributed by atoms with Gasteiger partial charge in [0.05, 0.1) is 0 Å². The molecule has 1 aliphatic rings. The normalized spacial score (nSPS) is 23.6. The van der Waals surface area contributed by atoms with E-state index in [1.807, 2.05) is 0 Å². The van der Waals surface area contributed by atoms with Crippen LogP contribution in [0.25, 0.3) is 0 Å². The Bertz CT molecular complexity index is 444. The van der Waals surface area contributed by atoms with E-state index in [1.54, 1.807) is 6.92 Å². The summed E-state index contributed by atoms with van der Waals surface area (Å²) in [4.78, 5) is 26.1. The molecule has 2 N–H and O–H groups in total. The van der Waals surface area contributed by atoms with Gasteiger partial charge in [-0.1, -0.05) is 5.16 Å². The highest BCUT2D eigenvalue weighted by molar-refractivity contribution is 5.93. The molecule has 8 nitrogen and oxygen atoms in total. The SMILES string of the molecule is Cc1noc(NC(=O)C2CCC(C(=O)O)O2)n1. The molecule has 92 valence electrons. The van der Waals surface area contributed by atoms with Crippen molar-refractivity contribution in [1.29, 1.82) is 0 Å². The molecule has 0 aromatic carbocycles. The molecule has 0 spiro atoms. The number of aryl methyl sites for hydroxylation is 1. The number of carboxylic acid groups (broad SMARTS) is 1. The van der Waals surface area contributed by atoms with Gasteiger partial charge >= 0.3 is 12.0 Å². The van der Waals surface area contributed by atoms with Crippen LogP contribution in [0.1, 0.15) is 18.7 Å². The first-order valence-electron chi connectivity index (χ1n) is 5.05. The zero-order chi connectivity index (χ0) is 12.4. The first-order chi connectivity index (χ1) is 8.06. The van der Waals surface area contributed by atoms with Crippen LogP contribution in [-0.4, -0.2) is 39.3 Å². The third-order valence-corrected chi connectivity index (χ3v) is 2.35. The summed E-state index contributed by atoms with van der Waals surface area (Å²) in [5.41, 5.74) is 0. The molecule has 1 aromatic heterocycles. The van der Waals surface area contributed by atoms with Crippen LogP contribution in [0, 0.1) is 6.92 Å². The fourth-order valence-electron chi connectivity index (χ4n) is 1.55. The summed E-state index contributed by atoms with van der Waals surface area (Å²) >= 11 is 0. The second-order valence-electron chi connectivity index (χ2n) is 3.66. The number of aliphatic carboxylic acids is 1. The summed E-state index contributed by atoms with van der Waals surface area (Å²) in [6.07, 6.45) is -1.04. The number of carbonyl (C=O) groups excluding carboxylic acids is 1. The van der Waals surface area contributed by atoms with Gasteiger partial charge in [-0.3, -0.25) is 10.1 Å². The van der Waals surface area contributed by atoms with Crippen LogP contribution < -0.4 is 5.32 Å². The number of carboxylic acids is 1. The smallest absolute Gasteiger partial charge is 0.332 e. The lowest BCUT2D eigenvalue weighted by atomic mass is 10.2. The molecule has 8 heteroatoms. The second-order valence-corrected chi connectivity index (χ2v) is 3.66. The molecule has 1 aromatic rings. The molecule has 2 atom stereocenters. The van der Waals surface area contributed by atoms with Crippen LogP contribution in [0.4, 0.5) is 6.01 Å². The summed E-state index contributed by atoms with van der Waals surface area (Å²) in [5.74, 6) is -1.14. The number of ether oxygens (including phenoxy) is 1. The Morgan fingerprint density at radius 1 is 1.41 bits per heavy atom. The van der Waals surface area contributed by atoms with Gasteiger partial charge in [0.25, 0.3) is 5.91 Å². The Balaban J connectivity index is 1.91. The van der Waals surface area contributed by atoms with Gasteiger partial charge in [-0.2, -0.15) is 4.98 Å². The van der Waals surface area contributed by atoms with E-state index in [4.69, 9.17) is 14.4 Å². The molecule has 1 aliphatic heterocycles. The van der Waals surface area contributed by atoms with E-state index in [-0.39, 0.29) is 6.01 Å². The Labute approximate surface area is 95.9 Å². The number of rotatable bonds is 3. The number of anilines is 1. The van der Waals surface area contributed by atoms with Crippen molar-refractivity contribution in [2.24, 2.45) is 0 Å². The van der Waals surface area contributed by atoms with Crippen LogP contribution in [0.5, 0.6) is 0 Å². The van der Waals surface area contributed by atoms with E-state index in [0.717, 1.165) is 0 Å². The van der Waals surface area contributed by atoms with E-state index >= 15 is 0 Å². The average molecular weight is 241 g/mol. The van der Waals surface area contributed by atoms with Gasteiger partial charge in [-0.15, -0.1) is 0 Å². The Morgan fingerprint density at radius 2 is 2.12 bits per heavy atom. The molecule has 0 saturated carbocycles. The van der Waals surface area contributed by atoms with Gasteiger partial charge in [0, 0.05) is 0 Å². The van der Waals surface area contributed by atoms with Gasteiger partial charge in [0.15, 0.2) is 11.9 Å². The molecule has 2 heterocycles. The van der Waals surface area contributed by atoms with Crippen LogP contribution >= 0.6 is 0 Å². The van der Waals surface area contributed by atoms with Crippen LogP contribution in [-0.2, 0) is 14.3 Å². The molecule has 0 aliphatic carbocycles. The molecular formula is C9H11N3O5. The molecular weight excluding hydrogens is 230 g/mol. The lowest BCUT2D eigenvalue weighted by Gasteiger charge is -2.09. The Hall–Kier alpha value is -1.96. The summed E-state index contributed by atoms with van der Waals surface area (Å²) in [5, 5.41) is 14.6. The van der Waals surface area contributed by atoms with E-state index in [9.17, 15) is 9.59 Å². The standard InChI is InChI=1S/C9H11N3O5/c1-4-10-9(17-12-4)11-7(13)5-2-3-6(16-5)8(14)15/h5-6H,2-3H2,1H3,(H,14,15)(H,10,11,12,13). The lowest BCUT2D eigenvalue weighted by molar-refractivity contribution is -0.150. The molecule has 2 rings (SSSR count). The van der Waals surface area contributed by atoms with Gasteiger partial charge in [-0.05, 0) is 19.8 Å². The van der Waals surface area contributed by atoms with E-state index in [0.29, 0.717) is 18.7 Å². The van der Waals surface area contributed by atoms with E-state index < -0.39 is 24.1 Å². The third-order valence-electron chi connectivity index (χ3n) is 2.35. The summed E-state index contributed by atoms with van der Waals surface area (Å²) in [6, 6.07) is -0.0186. The molecule has 2 unspecified atom stereocenters. The number of nitrogens with zero attached hydrogens (tertiary/aromatic N) is 2. The van der Waals surface area contributed by atoms with Gasteiger partial charge in [-0.25, -0.2) is 4.79 Å². The average Bonchev–Trinajstić information content (AvgIpc) is 2.86. The van der Waals surface area contributed by atoms with Gasteiger partial charge < -0.3 is 14.4 Å². The Morgan fingerprint density at radius 3 is 2.65 bits per heavy atom. The zero-order valence-corrected chi connectivity index (χ0v) is 9.04. The first-order valence-corrected chi connectivity index (χ1v) is 5.05. The monoisotopic (exact) mass is 241 g/mol. The van der Waals surface area contributed by atoms with Crippen molar-refractivity contribution in [1.82, 2.24) is 10.1 Å². The van der Waals surface area contributed by atoms with E-state index in [1.165, 1.54) is 0 Å². The van der Waals surface area contributed by atoms with Crippen molar-refractivity contribution in [3.05, 3.63) is 5.82 Å². The molecule has 0 bridgehead atoms. The summed E-state index contributed by atoms with van der Waals surface area (Å²) < 4.78 is 9.77. The van der Waals surface area contributed by atoms with Crippen molar-refractivity contribution >= 4 is 17.9 Å². The summed E-state index contributed by atoms with van der Waals surface area (Å²) in [7, 11) is 0. The lowest BCUT2D eigenvalue weighted by Crippen LogP contribution is -2.30. The van der Waals surface area contributed by atoms with Crippen LogP contribution in [0.15, 0.2) is 4.52 Å². The molecule has 17 heavy (non-hydrogen) atoms. The predicted octanol–water partition coefficient (Wildman–Crippen LogP) is -0.0513. The molecule has 1 saturated heterocycles. The maximum atomic E-state index is 11.6. The molecule has 0 radical (unpaired) electrons. The zero-order valence-electron chi connectivity index (χ0n) is 9.04. The fraction of sp³-hybridized carbons (Fsp3) is 0.556. The molecule has 1 fully saturated rings. The van der Waals surface area contributed by atoms with E-state index in [2.05, 4.69) is 15.5 Å². The number of nitrogens with one attached hydrogen (secondary N) is 1. The highest BCUT2D eigenvalue weighted by Crippen LogP contribution is 2.21. The van der Waals surface area contributed by atoms with Crippen LogP contribution in [0.3, 0.4) is 0 Å². The van der Waals surface area contributed by atoms with Gasteiger partial charge in [0.2, 0.25) is 0 Å². The topological polar surface area (TPSA) is 115 Å². The predicted molar refractivity (Wildman–Crippen MR) is 53.2 cm³/mol. The molecule has 1 amide bonds. The Kier molecular flexibility index (Phi) is 3.05. The highest BCUT2D eigenvalue weighted by Gasteiger charge is 2.35. The van der Waals surface area contributed by atoms with Crippen LogP contribution in [0.2, 0.25) is 0 Å². The number of carbonyl (C=O) groups is 2. The minimum atomic E-state index is -1.06.